The smallest absolute Gasteiger partial charge is 0.243 e. The van der Waals surface area contributed by atoms with Crippen LogP contribution < -0.4 is 5.32 Å². The zero-order valence-corrected chi connectivity index (χ0v) is 17.6. The number of halogens is 1. The first kappa shape index (κ1) is 21.7. The van der Waals surface area contributed by atoms with Gasteiger partial charge < -0.3 is 5.32 Å². The van der Waals surface area contributed by atoms with Crippen molar-refractivity contribution < 1.29 is 17.6 Å². The summed E-state index contributed by atoms with van der Waals surface area (Å²) in [5.74, 6) is -0.954. The Morgan fingerprint density at radius 3 is 2.10 bits per heavy atom. The second-order valence-corrected chi connectivity index (χ2v) is 9.04. The highest BCUT2D eigenvalue weighted by Gasteiger charge is 2.23. The van der Waals surface area contributed by atoms with Gasteiger partial charge in [0.1, 0.15) is 5.82 Å². The number of sulfonamides is 1. The molecule has 0 spiro atoms. The predicted molar refractivity (Wildman–Crippen MR) is 115 cm³/mol. The van der Waals surface area contributed by atoms with Crippen LogP contribution in [0, 0.1) is 5.82 Å². The van der Waals surface area contributed by atoms with Crippen LogP contribution in [0.3, 0.4) is 0 Å². The molecule has 7 heteroatoms. The van der Waals surface area contributed by atoms with Gasteiger partial charge in [-0.1, -0.05) is 54.6 Å². The van der Waals surface area contributed by atoms with Gasteiger partial charge >= 0.3 is 0 Å². The lowest BCUT2D eigenvalue weighted by Crippen LogP contribution is -2.39. The average molecular weight is 427 g/mol. The summed E-state index contributed by atoms with van der Waals surface area (Å²) in [7, 11) is -2.56. The molecular formula is C23H23FN2O3S. The molecule has 0 fully saturated rings. The van der Waals surface area contributed by atoms with Crippen molar-refractivity contribution in [2.75, 3.05) is 13.6 Å². The maximum absolute atomic E-state index is 13.0. The van der Waals surface area contributed by atoms with Crippen LogP contribution >= 0.6 is 0 Å². The highest BCUT2D eigenvalue weighted by molar-refractivity contribution is 7.89. The first-order chi connectivity index (χ1) is 14.3. The van der Waals surface area contributed by atoms with Crippen molar-refractivity contribution in [1.82, 2.24) is 9.62 Å². The summed E-state index contributed by atoms with van der Waals surface area (Å²) in [5.41, 5.74) is 3.09. The van der Waals surface area contributed by atoms with Crippen LogP contribution in [0.2, 0.25) is 0 Å². The highest BCUT2D eigenvalue weighted by atomic mass is 32.2. The lowest BCUT2D eigenvalue weighted by molar-refractivity contribution is -0.121. The third kappa shape index (κ3) is 5.11. The van der Waals surface area contributed by atoms with Crippen molar-refractivity contribution >= 4 is 15.9 Å². The predicted octanol–water partition coefficient (Wildman–Crippen LogP) is 3.99. The minimum absolute atomic E-state index is 0.0660. The molecule has 5 nitrogen and oxygen atoms in total. The Hall–Kier alpha value is -3.03. The minimum atomic E-state index is -3.88. The van der Waals surface area contributed by atoms with Crippen molar-refractivity contribution in [3.63, 3.8) is 0 Å². The van der Waals surface area contributed by atoms with Crippen molar-refractivity contribution in [2.45, 2.75) is 17.9 Å². The second-order valence-electron chi connectivity index (χ2n) is 6.99. The standard InChI is InChI=1S/C23H23FN2O3S/c1-17(18-8-10-20(11-9-18)19-6-4-3-5-7-19)25-23(27)16-26(2)30(28,29)22-14-12-21(24)13-15-22/h3-15,17H,16H2,1-2H3,(H,25,27). The van der Waals surface area contributed by atoms with Crippen LogP contribution in [0.5, 0.6) is 0 Å². The van der Waals surface area contributed by atoms with Crippen molar-refractivity contribution in [2.24, 2.45) is 0 Å². The summed E-state index contributed by atoms with van der Waals surface area (Å²) >= 11 is 0. The Balaban J connectivity index is 1.62. The minimum Gasteiger partial charge on any atom is -0.348 e. The molecule has 1 atom stereocenters. The van der Waals surface area contributed by atoms with E-state index in [9.17, 15) is 17.6 Å². The van der Waals surface area contributed by atoms with Crippen LogP contribution in [0.15, 0.2) is 83.8 Å². The van der Waals surface area contributed by atoms with E-state index in [0.29, 0.717) is 0 Å². The van der Waals surface area contributed by atoms with E-state index in [0.717, 1.165) is 33.1 Å². The fraction of sp³-hybridized carbons (Fsp3) is 0.174. The monoisotopic (exact) mass is 426 g/mol. The molecule has 0 aliphatic carbocycles. The molecule has 1 unspecified atom stereocenters. The number of benzene rings is 3. The van der Waals surface area contributed by atoms with Crippen LogP contribution in [-0.4, -0.2) is 32.2 Å². The van der Waals surface area contributed by atoms with Crippen LogP contribution in [0.4, 0.5) is 4.39 Å². The molecule has 0 saturated heterocycles. The van der Waals surface area contributed by atoms with Gasteiger partial charge in [-0.15, -0.1) is 0 Å². The highest BCUT2D eigenvalue weighted by Crippen LogP contribution is 2.22. The topological polar surface area (TPSA) is 66.5 Å². The number of carbonyl (C=O) groups excluding carboxylic acids is 1. The van der Waals surface area contributed by atoms with Crippen LogP contribution in [0.25, 0.3) is 11.1 Å². The fourth-order valence-electron chi connectivity index (χ4n) is 3.04. The number of nitrogens with one attached hydrogen (secondary N) is 1. The van der Waals surface area contributed by atoms with Gasteiger partial charge in [0, 0.05) is 7.05 Å². The summed E-state index contributed by atoms with van der Waals surface area (Å²) < 4.78 is 39.0. The van der Waals surface area contributed by atoms with E-state index in [1.165, 1.54) is 19.2 Å². The quantitative estimate of drug-likeness (QED) is 0.621. The molecule has 3 aromatic carbocycles. The van der Waals surface area contributed by atoms with Gasteiger partial charge in [-0.05, 0) is 47.9 Å². The van der Waals surface area contributed by atoms with E-state index in [2.05, 4.69) is 5.32 Å². The Bertz CT molecular complexity index is 1100. The van der Waals surface area contributed by atoms with E-state index >= 15 is 0 Å². The van der Waals surface area contributed by atoms with Crippen molar-refractivity contribution in [3.8, 4) is 11.1 Å². The lowest BCUT2D eigenvalue weighted by atomic mass is 10.0. The third-order valence-electron chi connectivity index (χ3n) is 4.78. The van der Waals surface area contributed by atoms with Gasteiger partial charge in [-0.2, -0.15) is 4.31 Å². The van der Waals surface area contributed by atoms with Gasteiger partial charge in [-0.25, -0.2) is 12.8 Å². The Morgan fingerprint density at radius 2 is 1.50 bits per heavy atom. The zero-order valence-electron chi connectivity index (χ0n) is 16.7. The van der Waals surface area contributed by atoms with Gasteiger partial charge in [0.15, 0.2) is 0 Å². The van der Waals surface area contributed by atoms with Crippen LogP contribution in [0.1, 0.15) is 18.5 Å². The molecule has 3 rings (SSSR count). The molecule has 0 saturated carbocycles. The lowest BCUT2D eigenvalue weighted by Gasteiger charge is -2.19. The molecule has 156 valence electrons. The van der Waals surface area contributed by atoms with Gasteiger partial charge in [0.25, 0.3) is 0 Å². The van der Waals surface area contributed by atoms with Crippen molar-refractivity contribution in [3.05, 3.63) is 90.2 Å². The second kappa shape index (κ2) is 9.19. The number of carbonyl (C=O) groups is 1. The summed E-state index contributed by atoms with van der Waals surface area (Å²) in [5, 5.41) is 2.81. The summed E-state index contributed by atoms with van der Waals surface area (Å²) in [6.45, 7) is 1.50. The van der Waals surface area contributed by atoms with E-state index < -0.39 is 21.7 Å². The normalized spacial score (nSPS) is 12.5. The van der Waals surface area contributed by atoms with E-state index in [-0.39, 0.29) is 17.5 Å². The molecule has 0 heterocycles. The summed E-state index contributed by atoms with van der Waals surface area (Å²) in [6.07, 6.45) is 0. The molecule has 0 bridgehead atoms. The number of hydrogen-bond acceptors (Lipinski definition) is 3. The molecule has 0 aliphatic heterocycles. The number of amides is 1. The van der Waals surface area contributed by atoms with E-state index in [1.807, 2.05) is 61.5 Å². The van der Waals surface area contributed by atoms with Gasteiger partial charge in [0.05, 0.1) is 17.5 Å². The largest absolute Gasteiger partial charge is 0.348 e. The molecule has 0 radical (unpaired) electrons. The number of hydrogen-bond donors (Lipinski definition) is 1. The maximum Gasteiger partial charge on any atom is 0.243 e. The molecule has 30 heavy (non-hydrogen) atoms. The first-order valence-corrected chi connectivity index (χ1v) is 10.9. The molecular weight excluding hydrogens is 403 g/mol. The summed E-state index contributed by atoms with van der Waals surface area (Å²) in [4.78, 5) is 12.3. The Kier molecular flexibility index (Phi) is 6.64. The fourth-order valence-corrected chi connectivity index (χ4v) is 4.17. The third-order valence-corrected chi connectivity index (χ3v) is 6.60. The number of likely N-dealkylation sites (N-methyl/N-ethyl adjacent to an activating group) is 1. The molecule has 0 aromatic heterocycles. The molecule has 3 aromatic rings. The molecule has 1 amide bonds. The number of rotatable bonds is 7. The zero-order chi connectivity index (χ0) is 21.7. The number of nitrogens with zero attached hydrogens (tertiary/aromatic N) is 1. The summed E-state index contributed by atoms with van der Waals surface area (Å²) in [6, 6.07) is 22.0. The van der Waals surface area contributed by atoms with Crippen LogP contribution in [-0.2, 0) is 14.8 Å². The Morgan fingerprint density at radius 1 is 0.933 bits per heavy atom. The van der Waals surface area contributed by atoms with Gasteiger partial charge in [-0.3, -0.25) is 4.79 Å². The average Bonchev–Trinajstić information content (AvgIpc) is 2.74. The first-order valence-electron chi connectivity index (χ1n) is 9.44. The van der Waals surface area contributed by atoms with Gasteiger partial charge in [0.2, 0.25) is 15.9 Å². The Labute approximate surface area is 176 Å². The molecule has 1 N–H and O–H groups in total. The van der Waals surface area contributed by atoms with E-state index in [4.69, 9.17) is 0 Å². The maximum atomic E-state index is 13.0. The SMILES string of the molecule is CC(NC(=O)CN(C)S(=O)(=O)c1ccc(F)cc1)c1ccc(-c2ccccc2)cc1. The van der Waals surface area contributed by atoms with E-state index in [1.54, 1.807) is 0 Å². The molecule has 0 aliphatic rings. The van der Waals surface area contributed by atoms with Crippen molar-refractivity contribution in [1.29, 1.82) is 0 Å².